The Morgan fingerprint density at radius 2 is 2.13 bits per heavy atom. The molecule has 1 atom stereocenters. The highest BCUT2D eigenvalue weighted by Crippen LogP contribution is 2.17. The molecule has 0 aliphatic heterocycles. The van der Waals surface area contributed by atoms with Crippen LogP contribution in [0.5, 0.6) is 0 Å². The van der Waals surface area contributed by atoms with Crippen molar-refractivity contribution in [3.05, 3.63) is 35.4 Å². The Kier molecular flexibility index (Phi) is 3.74. The van der Waals surface area contributed by atoms with E-state index in [9.17, 15) is 18.7 Å². The van der Waals surface area contributed by atoms with Gasteiger partial charge in [-0.05, 0) is 24.6 Å². The summed E-state index contributed by atoms with van der Waals surface area (Å²) in [5, 5.41) is 9.37. The van der Waals surface area contributed by atoms with Gasteiger partial charge < -0.3 is 9.84 Å². The van der Waals surface area contributed by atoms with Crippen molar-refractivity contribution in [1.82, 2.24) is 0 Å². The average molecular weight is 216 g/mol. The molecule has 3 nitrogen and oxygen atoms in total. The van der Waals surface area contributed by atoms with Crippen LogP contribution in [0.3, 0.4) is 0 Å². The summed E-state index contributed by atoms with van der Waals surface area (Å²) in [5.74, 6) is -3.03. The number of aliphatic hydroxyl groups is 1. The maximum Gasteiger partial charge on any atom is 0.339 e. The second kappa shape index (κ2) is 4.84. The summed E-state index contributed by atoms with van der Waals surface area (Å²) in [6.45, 7) is 1.69. The van der Waals surface area contributed by atoms with Crippen molar-refractivity contribution >= 4 is 5.97 Å². The highest BCUT2D eigenvalue weighted by Gasteiger charge is 2.19. The van der Waals surface area contributed by atoms with Crippen LogP contribution in [0.25, 0.3) is 0 Å². The van der Waals surface area contributed by atoms with E-state index in [0.29, 0.717) is 0 Å². The van der Waals surface area contributed by atoms with Crippen molar-refractivity contribution < 1.29 is 23.4 Å². The molecule has 5 heteroatoms. The monoisotopic (exact) mass is 216 g/mol. The van der Waals surface area contributed by atoms with Crippen molar-refractivity contribution in [3.8, 4) is 0 Å². The van der Waals surface area contributed by atoms with Crippen LogP contribution in [-0.2, 0) is 9.53 Å². The molecule has 0 bridgehead atoms. The second-order valence-electron chi connectivity index (χ2n) is 2.83. The molecule has 0 amide bonds. The van der Waals surface area contributed by atoms with Crippen LogP contribution in [0, 0.1) is 11.6 Å². The molecule has 0 fully saturated rings. The Morgan fingerprint density at radius 3 is 2.67 bits per heavy atom. The first kappa shape index (κ1) is 11.6. The molecule has 0 heterocycles. The first-order valence-electron chi connectivity index (χ1n) is 4.36. The predicted molar refractivity (Wildman–Crippen MR) is 48.0 cm³/mol. The highest BCUT2D eigenvalue weighted by molar-refractivity contribution is 5.76. The topological polar surface area (TPSA) is 46.5 Å². The van der Waals surface area contributed by atoms with Gasteiger partial charge in [-0.15, -0.1) is 0 Å². The Labute approximate surface area is 85.3 Å². The van der Waals surface area contributed by atoms with Gasteiger partial charge in [-0.1, -0.05) is 6.07 Å². The number of aliphatic hydroxyl groups excluding tert-OH is 1. The molecule has 0 aromatic heterocycles. The summed E-state index contributed by atoms with van der Waals surface area (Å²) >= 11 is 0. The molecule has 0 saturated heterocycles. The van der Waals surface area contributed by atoms with E-state index >= 15 is 0 Å². The number of halogens is 2. The van der Waals surface area contributed by atoms with Crippen LogP contribution in [0.15, 0.2) is 18.2 Å². The van der Waals surface area contributed by atoms with Gasteiger partial charge in [-0.2, -0.15) is 0 Å². The molecule has 1 rings (SSSR count). The Balaban J connectivity index is 2.86. The number of ether oxygens (including phenoxy) is 1. The maximum atomic E-state index is 12.8. The largest absolute Gasteiger partial charge is 0.464 e. The van der Waals surface area contributed by atoms with Crippen molar-refractivity contribution in [2.75, 3.05) is 6.61 Å². The summed E-state index contributed by atoms with van der Waals surface area (Å²) in [7, 11) is 0. The zero-order chi connectivity index (χ0) is 11.4. The third-order valence-electron chi connectivity index (χ3n) is 1.77. The fraction of sp³-hybridized carbons (Fsp3) is 0.300. The number of carbonyl (C=O) groups excluding carboxylic acids is 1. The summed E-state index contributed by atoms with van der Waals surface area (Å²) in [6.07, 6.45) is -1.58. The Bertz CT molecular complexity index is 366. The van der Waals surface area contributed by atoms with Gasteiger partial charge in [0.25, 0.3) is 0 Å². The van der Waals surface area contributed by atoms with E-state index in [1.807, 2.05) is 0 Å². The SMILES string of the molecule is CCOC(=O)C(O)c1ccc(F)c(F)c1. The zero-order valence-corrected chi connectivity index (χ0v) is 8.04. The molecule has 1 N–H and O–H groups in total. The molecule has 0 radical (unpaired) electrons. The van der Waals surface area contributed by atoms with Gasteiger partial charge in [0.05, 0.1) is 6.61 Å². The van der Waals surface area contributed by atoms with Crippen LogP contribution >= 0.6 is 0 Å². The van der Waals surface area contributed by atoms with E-state index in [-0.39, 0.29) is 12.2 Å². The summed E-state index contributed by atoms with van der Waals surface area (Å²) in [5.41, 5.74) is -0.0349. The molecule has 1 aromatic rings. The van der Waals surface area contributed by atoms with Crippen LogP contribution < -0.4 is 0 Å². The lowest BCUT2D eigenvalue weighted by Crippen LogP contribution is -2.15. The fourth-order valence-corrected chi connectivity index (χ4v) is 1.04. The number of carbonyl (C=O) groups is 1. The maximum absolute atomic E-state index is 12.8. The van der Waals surface area contributed by atoms with Crippen molar-refractivity contribution in [2.45, 2.75) is 13.0 Å². The summed E-state index contributed by atoms with van der Waals surface area (Å²) in [6, 6.07) is 2.73. The highest BCUT2D eigenvalue weighted by atomic mass is 19.2. The van der Waals surface area contributed by atoms with Gasteiger partial charge in [-0.25, -0.2) is 13.6 Å². The van der Waals surface area contributed by atoms with Crippen LogP contribution in [0.1, 0.15) is 18.6 Å². The minimum atomic E-state index is -1.58. The molecule has 0 saturated carbocycles. The summed E-state index contributed by atoms with van der Waals surface area (Å²) in [4.78, 5) is 11.1. The number of benzene rings is 1. The smallest absolute Gasteiger partial charge is 0.339 e. The van der Waals surface area contributed by atoms with Gasteiger partial charge in [0, 0.05) is 0 Å². The van der Waals surface area contributed by atoms with E-state index in [1.54, 1.807) is 6.92 Å². The predicted octanol–water partition coefficient (Wildman–Crippen LogP) is 1.56. The molecular formula is C10H10F2O3. The number of hydrogen-bond donors (Lipinski definition) is 1. The van der Waals surface area contributed by atoms with E-state index in [0.717, 1.165) is 18.2 Å². The minimum absolute atomic E-state index is 0.0349. The standard InChI is InChI=1S/C10H10F2O3/c1-2-15-10(14)9(13)6-3-4-7(11)8(12)5-6/h3-5,9,13H,2H2,1H3. The van der Waals surface area contributed by atoms with E-state index < -0.39 is 23.7 Å². The van der Waals surface area contributed by atoms with Gasteiger partial charge >= 0.3 is 5.97 Å². The lowest BCUT2D eigenvalue weighted by molar-refractivity contribution is -0.153. The minimum Gasteiger partial charge on any atom is -0.464 e. The summed E-state index contributed by atoms with van der Waals surface area (Å²) < 4.78 is 29.8. The third kappa shape index (κ3) is 2.73. The first-order valence-corrected chi connectivity index (χ1v) is 4.36. The first-order chi connectivity index (χ1) is 7.06. The lowest BCUT2D eigenvalue weighted by atomic mass is 10.1. The molecule has 0 aliphatic rings. The average Bonchev–Trinajstić information content (AvgIpc) is 2.21. The van der Waals surface area contributed by atoms with Crippen LogP contribution in [0.4, 0.5) is 8.78 Å². The number of esters is 1. The quantitative estimate of drug-likeness (QED) is 0.780. The van der Waals surface area contributed by atoms with E-state index in [2.05, 4.69) is 4.74 Å². The number of hydrogen-bond acceptors (Lipinski definition) is 3. The number of rotatable bonds is 3. The Hall–Kier alpha value is -1.49. The molecule has 15 heavy (non-hydrogen) atoms. The fourth-order valence-electron chi connectivity index (χ4n) is 1.04. The second-order valence-corrected chi connectivity index (χ2v) is 2.83. The lowest BCUT2D eigenvalue weighted by Gasteiger charge is -2.09. The normalized spacial score (nSPS) is 12.3. The van der Waals surface area contributed by atoms with E-state index in [1.165, 1.54) is 0 Å². The van der Waals surface area contributed by atoms with E-state index in [4.69, 9.17) is 0 Å². The van der Waals surface area contributed by atoms with Crippen LogP contribution in [0.2, 0.25) is 0 Å². The zero-order valence-electron chi connectivity index (χ0n) is 8.04. The van der Waals surface area contributed by atoms with Crippen LogP contribution in [-0.4, -0.2) is 17.7 Å². The van der Waals surface area contributed by atoms with Crippen molar-refractivity contribution in [1.29, 1.82) is 0 Å². The third-order valence-corrected chi connectivity index (χ3v) is 1.77. The van der Waals surface area contributed by atoms with Gasteiger partial charge in [0.2, 0.25) is 0 Å². The Morgan fingerprint density at radius 1 is 1.47 bits per heavy atom. The molecular weight excluding hydrogens is 206 g/mol. The van der Waals surface area contributed by atoms with Gasteiger partial charge in [-0.3, -0.25) is 0 Å². The molecule has 82 valence electrons. The van der Waals surface area contributed by atoms with Crippen molar-refractivity contribution in [2.24, 2.45) is 0 Å². The molecule has 1 aromatic carbocycles. The van der Waals surface area contributed by atoms with Crippen molar-refractivity contribution in [3.63, 3.8) is 0 Å². The molecule has 0 aliphatic carbocycles. The molecule has 1 unspecified atom stereocenters. The van der Waals surface area contributed by atoms with Gasteiger partial charge in [0.15, 0.2) is 17.7 Å². The van der Waals surface area contributed by atoms with Gasteiger partial charge in [0.1, 0.15) is 0 Å². The molecule has 0 spiro atoms.